The van der Waals surface area contributed by atoms with E-state index in [1.807, 2.05) is 18.2 Å². The van der Waals surface area contributed by atoms with Crippen molar-refractivity contribution in [3.8, 4) is 5.75 Å². The fourth-order valence-electron chi connectivity index (χ4n) is 3.51. The predicted molar refractivity (Wildman–Crippen MR) is 89.7 cm³/mol. The van der Waals surface area contributed by atoms with Crippen LogP contribution in [0.4, 0.5) is 0 Å². The molecule has 2 bridgehead atoms. The fraction of sp³-hybridized carbons (Fsp3) is 0.471. The summed E-state index contributed by atoms with van der Waals surface area (Å²) in [6, 6.07) is 5.50. The smallest absolute Gasteiger partial charge is 0.359 e. The summed E-state index contributed by atoms with van der Waals surface area (Å²) in [5.74, 6) is 0.845. The topological polar surface area (TPSA) is 105 Å². The van der Waals surface area contributed by atoms with Gasteiger partial charge in [0.25, 0.3) is 6.47 Å². The number of nitrogens with zero attached hydrogens (tertiary/aromatic N) is 2. The van der Waals surface area contributed by atoms with E-state index in [0.29, 0.717) is 17.4 Å². The lowest BCUT2D eigenvalue weighted by Gasteiger charge is -2.43. The Morgan fingerprint density at radius 1 is 1.40 bits per heavy atom. The molecule has 2 N–H and O–H groups in total. The first-order valence-electron chi connectivity index (χ1n) is 8.19. The maximum Gasteiger partial charge on any atom is 0.359 e. The van der Waals surface area contributed by atoms with Crippen molar-refractivity contribution in [3.63, 3.8) is 0 Å². The second kappa shape index (κ2) is 7.52. The molecule has 1 atom stereocenters. The number of nitrogens with one attached hydrogen (secondary N) is 1. The number of ether oxygens (including phenoxy) is 2. The van der Waals surface area contributed by atoms with Crippen molar-refractivity contribution < 1.29 is 24.2 Å². The second-order valence-corrected chi connectivity index (χ2v) is 6.17. The number of benzene rings is 1. The summed E-state index contributed by atoms with van der Waals surface area (Å²) in [4.78, 5) is 23.2. The molecule has 3 saturated heterocycles. The Morgan fingerprint density at radius 3 is 2.72 bits per heavy atom. The van der Waals surface area contributed by atoms with Gasteiger partial charge in [-0.15, -0.1) is 0 Å². The molecule has 1 aromatic heterocycles. The summed E-state index contributed by atoms with van der Waals surface area (Å²) >= 11 is 0. The molecule has 3 aliphatic rings. The highest BCUT2D eigenvalue weighted by Crippen LogP contribution is 2.30. The lowest BCUT2D eigenvalue weighted by Crippen LogP contribution is -2.51. The average Bonchev–Trinajstić information content (AvgIpc) is 3.06. The standard InChI is InChI=1S/C16H19N3O3.CH2O2/c1-21-11-2-3-13-12(8-11)15(18-17-13)16(20)22-14-9-19-6-4-10(14)5-7-19;2-1-3/h2-3,8,10,14H,4-7,9H2,1H3,(H,17,18);1H,(H,2,3)/t14-;/m1./s1. The number of aromatic nitrogens is 2. The molecule has 0 unspecified atom stereocenters. The Kier molecular flexibility index (Phi) is 5.18. The number of carbonyl (C=O) groups excluding carboxylic acids is 1. The first-order chi connectivity index (χ1) is 12.2. The molecule has 3 fully saturated rings. The summed E-state index contributed by atoms with van der Waals surface area (Å²) in [7, 11) is 1.60. The molecule has 5 rings (SSSR count). The second-order valence-electron chi connectivity index (χ2n) is 6.17. The number of aromatic amines is 1. The molecule has 0 amide bonds. The van der Waals surface area contributed by atoms with Crippen molar-refractivity contribution in [2.45, 2.75) is 18.9 Å². The average molecular weight is 347 g/mol. The quantitative estimate of drug-likeness (QED) is 0.641. The van der Waals surface area contributed by atoms with Crippen LogP contribution in [0.25, 0.3) is 10.9 Å². The number of hydrogen-bond acceptors (Lipinski definition) is 6. The zero-order chi connectivity index (χ0) is 17.8. The van der Waals surface area contributed by atoms with Crippen molar-refractivity contribution in [1.82, 2.24) is 15.1 Å². The van der Waals surface area contributed by atoms with E-state index in [1.165, 1.54) is 0 Å². The predicted octanol–water partition coefficient (Wildman–Crippen LogP) is 1.52. The molecule has 0 radical (unpaired) electrons. The van der Waals surface area contributed by atoms with Crippen LogP contribution in [0.3, 0.4) is 0 Å². The van der Waals surface area contributed by atoms with Gasteiger partial charge in [0.15, 0.2) is 5.69 Å². The van der Waals surface area contributed by atoms with Crippen molar-refractivity contribution in [2.75, 3.05) is 26.7 Å². The molecule has 25 heavy (non-hydrogen) atoms. The SMILES string of the molecule is COc1ccc2[nH]nc(C(=O)O[C@@H]3CN4CCC3CC4)c2c1.O=CO. The minimum Gasteiger partial charge on any atom is -0.497 e. The van der Waals surface area contributed by atoms with E-state index in [-0.39, 0.29) is 18.5 Å². The third kappa shape index (κ3) is 3.58. The monoisotopic (exact) mass is 347 g/mol. The maximum atomic E-state index is 12.5. The van der Waals surface area contributed by atoms with Crippen LogP contribution in [0.15, 0.2) is 18.2 Å². The molecule has 1 aromatic carbocycles. The van der Waals surface area contributed by atoms with Crippen molar-refractivity contribution in [2.24, 2.45) is 5.92 Å². The Bertz CT molecular complexity index is 752. The van der Waals surface area contributed by atoms with Crippen LogP contribution in [-0.2, 0) is 9.53 Å². The van der Waals surface area contributed by atoms with Gasteiger partial charge in [0.05, 0.1) is 12.6 Å². The van der Waals surface area contributed by atoms with Crippen molar-refractivity contribution in [3.05, 3.63) is 23.9 Å². The third-order valence-electron chi connectivity index (χ3n) is 4.82. The van der Waals surface area contributed by atoms with E-state index < -0.39 is 0 Å². The van der Waals surface area contributed by atoms with Crippen LogP contribution in [0, 0.1) is 5.92 Å². The molecule has 2 aromatic rings. The first kappa shape index (κ1) is 17.2. The van der Waals surface area contributed by atoms with Gasteiger partial charge in [0, 0.05) is 11.9 Å². The number of fused-ring (bicyclic) bond motifs is 4. The Morgan fingerprint density at radius 2 is 2.12 bits per heavy atom. The number of carboxylic acid groups (broad SMARTS) is 1. The van der Waals surface area contributed by atoms with E-state index >= 15 is 0 Å². The highest BCUT2D eigenvalue weighted by molar-refractivity contribution is 6.02. The molecular weight excluding hydrogens is 326 g/mol. The summed E-state index contributed by atoms with van der Waals surface area (Å²) in [5.41, 5.74) is 1.15. The van der Waals surface area contributed by atoms with Gasteiger partial charge < -0.3 is 14.6 Å². The molecule has 3 aliphatic heterocycles. The summed E-state index contributed by atoms with van der Waals surface area (Å²) in [5, 5.41) is 14.6. The Hall–Kier alpha value is -2.61. The normalized spacial score (nSPS) is 24.3. The fourth-order valence-corrected chi connectivity index (χ4v) is 3.51. The van der Waals surface area contributed by atoms with Crippen LogP contribution in [0.2, 0.25) is 0 Å². The van der Waals surface area contributed by atoms with Crippen LogP contribution < -0.4 is 4.74 Å². The van der Waals surface area contributed by atoms with Crippen molar-refractivity contribution in [1.29, 1.82) is 0 Å². The summed E-state index contributed by atoms with van der Waals surface area (Å²) < 4.78 is 11.0. The highest BCUT2D eigenvalue weighted by Gasteiger charge is 2.37. The van der Waals surface area contributed by atoms with E-state index in [4.69, 9.17) is 19.4 Å². The molecule has 0 aliphatic carbocycles. The number of esters is 1. The highest BCUT2D eigenvalue weighted by atomic mass is 16.5. The Labute approximate surface area is 144 Å². The van der Waals surface area contributed by atoms with Gasteiger partial charge >= 0.3 is 5.97 Å². The van der Waals surface area contributed by atoms with Gasteiger partial charge in [-0.25, -0.2) is 4.79 Å². The van der Waals surface area contributed by atoms with Gasteiger partial charge in [-0.05, 0) is 50.0 Å². The van der Waals surface area contributed by atoms with E-state index in [9.17, 15) is 4.79 Å². The van der Waals surface area contributed by atoms with Gasteiger partial charge in [-0.3, -0.25) is 14.8 Å². The van der Waals surface area contributed by atoms with Crippen molar-refractivity contribution >= 4 is 23.3 Å². The van der Waals surface area contributed by atoms with Crippen LogP contribution in [0.5, 0.6) is 5.75 Å². The van der Waals surface area contributed by atoms with Gasteiger partial charge in [0.2, 0.25) is 0 Å². The van der Waals surface area contributed by atoms with Gasteiger partial charge in [-0.1, -0.05) is 0 Å². The lowest BCUT2D eigenvalue weighted by atomic mass is 9.86. The minimum absolute atomic E-state index is 0.00708. The van der Waals surface area contributed by atoms with Crippen LogP contribution >= 0.6 is 0 Å². The Balaban J connectivity index is 0.000000569. The zero-order valence-electron chi connectivity index (χ0n) is 14.0. The number of rotatable bonds is 3. The molecule has 134 valence electrons. The molecule has 8 heteroatoms. The van der Waals surface area contributed by atoms with E-state index in [0.717, 1.165) is 43.4 Å². The molecule has 4 heterocycles. The number of methoxy groups -OCH3 is 1. The molecular formula is C17H21N3O5. The lowest BCUT2D eigenvalue weighted by molar-refractivity contribution is -0.122. The summed E-state index contributed by atoms with van der Waals surface area (Å²) in [6.07, 6.45) is 2.23. The zero-order valence-corrected chi connectivity index (χ0v) is 14.0. The maximum absolute atomic E-state index is 12.5. The van der Waals surface area contributed by atoms with Crippen LogP contribution in [0.1, 0.15) is 23.3 Å². The third-order valence-corrected chi connectivity index (χ3v) is 4.82. The minimum atomic E-state index is -0.349. The van der Waals surface area contributed by atoms with Crippen LogP contribution in [-0.4, -0.2) is 65.5 Å². The largest absolute Gasteiger partial charge is 0.497 e. The number of carbonyl (C=O) groups is 2. The number of piperidine rings is 3. The molecule has 0 saturated carbocycles. The van der Waals surface area contributed by atoms with E-state index in [2.05, 4.69) is 15.1 Å². The molecule has 8 nitrogen and oxygen atoms in total. The summed E-state index contributed by atoms with van der Waals surface area (Å²) in [6.45, 7) is 2.85. The van der Waals surface area contributed by atoms with E-state index in [1.54, 1.807) is 7.11 Å². The number of H-pyrrole nitrogens is 1. The molecule has 0 spiro atoms. The van der Waals surface area contributed by atoms with Gasteiger partial charge in [-0.2, -0.15) is 5.10 Å². The first-order valence-corrected chi connectivity index (χ1v) is 8.19. The number of hydrogen-bond donors (Lipinski definition) is 2. The van der Waals surface area contributed by atoms with Gasteiger partial charge in [0.1, 0.15) is 11.9 Å².